The molecule has 2 aromatic rings. The number of anilines is 2. The van der Waals surface area contributed by atoms with E-state index in [2.05, 4.69) is 4.72 Å². The molecule has 0 aliphatic heterocycles. The van der Waals surface area contributed by atoms with Gasteiger partial charge in [-0.05, 0) is 30.3 Å². The lowest BCUT2D eigenvalue weighted by molar-refractivity contribution is 0.573. The van der Waals surface area contributed by atoms with E-state index in [1.165, 1.54) is 12.1 Å². The van der Waals surface area contributed by atoms with Crippen molar-refractivity contribution in [2.45, 2.75) is 4.90 Å². The Hall–Kier alpha value is -1.50. The zero-order valence-corrected chi connectivity index (χ0v) is 12.2. The van der Waals surface area contributed by atoms with Crippen LogP contribution in [0.15, 0.2) is 41.3 Å². The fourth-order valence-electron chi connectivity index (χ4n) is 1.54. The van der Waals surface area contributed by atoms with Gasteiger partial charge in [0.05, 0.1) is 11.4 Å². The van der Waals surface area contributed by atoms with Crippen LogP contribution in [0.4, 0.5) is 15.8 Å². The van der Waals surface area contributed by atoms with E-state index < -0.39 is 20.7 Å². The molecule has 0 atom stereocenters. The highest BCUT2D eigenvalue weighted by atomic mass is 35.5. The Labute approximate surface area is 125 Å². The second kappa shape index (κ2) is 5.47. The van der Waals surface area contributed by atoms with Gasteiger partial charge in [-0.15, -0.1) is 0 Å². The van der Waals surface area contributed by atoms with Gasteiger partial charge in [0.1, 0.15) is 4.90 Å². The van der Waals surface area contributed by atoms with Crippen molar-refractivity contribution in [3.63, 3.8) is 0 Å². The van der Waals surface area contributed by atoms with Crippen LogP contribution >= 0.6 is 23.2 Å². The van der Waals surface area contributed by atoms with Gasteiger partial charge >= 0.3 is 0 Å². The smallest absolute Gasteiger partial charge is 0.264 e. The van der Waals surface area contributed by atoms with Gasteiger partial charge in [-0.2, -0.15) is 0 Å². The Bertz CT molecular complexity index is 766. The first-order valence-electron chi connectivity index (χ1n) is 5.32. The van der Waals surface area contributed by atoms with E-state index in [1.54, 1.807) is 12.1 Å². The molecule has 0 bridgehead atoms. The number of hydrogen-bond donors (Lipinski definition) is 2. The number of nitrogens with one attached hydrogen (secondary N) is 1. The normalized spacial score (nSPS) is 11.3. The van der Waals surface area contributed by atoms with Crippen LogP contribution in [0.3, 0.4) is 0 Å². The van der Waals surface area contributed by atoms with Gasteiger partial charge in [-0.3, -0.25) is 4.72 Å². The topological polar surface area (TPSA) is 72.2 Å². The molecule has 0 fully saturated rings. The summed E-state index contributed by atoms with van der Waals surface area (Å²) < 4.78 is 40.3. The lowest BCUT2D eigenvalue weighted by atomic mass is 10.3. The molecule has 0 unspecified atom stereocenters. The molecule has 0 spiro atoms. The zero-order valence-electron chi connectivity index (χ0n) is 9.90. The number of sulfonamides is 1. The maximum absolute atomic E-state index is 13.8. The Morgan fingerprint density at radius 2 is 1.80 bits per heavy atom. The Morgan fingerprint density at radius 1 is 1.10 bits per heavy atom. The van der Waals surface area contributed by atoms with Gasteiger partial charge in [0.15, 0.2) is 5.82 Å². The molecule has 0 aromatic heterocycles. The van der Waals surface area contributed by atoms with Gasteiger partial charge in [0, 0.05) is 10.0 Å². The monoisotopic (exact) mass is 334 g/mol. The minimum absolute atomic E-state index is 0.0235. The lowest BCUT2D eigenvalue weighted by Crippen LogP contribution is -2.15. The molecular formula is C12H9Cl2FN2O2S. The fraction of sp³-hybridized carbons (Fsp3) is 0. The predicted molar refractivity (Wildman–Crippen MR) is 78.1 cm³/mol. The van der Waals surface area contributed by atoms with Crippen molar-refractivity contribution in [2.24, 2.45) is 0 Å². The molecule has 8 heteroatoms. The lowest BCUT2D eigenvalue weighted by Gasteiger charge is -2.10. The summed E-state index contributed by atoms with van der Waals surface area (Å²) in [6.45, 7) is 0. The molecule has 0 saturated heterocycles. The van der Waals surface area contributed by atoms with Crippen molar-refractivity contribution in [1.29, 1.82) is 0 Å². The Balaban J connectivity index is 2.46. The predicted octanol–water partition coefficient (Wildman–Crippen LogP) is 3.52. The first-order valence-corrected chi connectivity index (χ1v) is 7.56. The van der Waals surface area contributed by atoms with E-state index in [1.807, 2.05) is 0 Å². The van der Waals surface area contributed by atoms with Crippen LogP contribution < -0.4 is 10.5 Å². The highest BCUT2D eigenvalue weighted by molar-refractivity contribution is 7.92. The van der Waals surface area contributed by atoms with Gasteiger partial charge in [0.2, 0.25) is 0 Å². The molecule has 0 aliphatic rings. The van der Waals surface area contributed by atoms with E-state index in [4.69, 9.17) is 28.9 Å². The van der Waals surface area contributed by atoms with Crippen molar-refractivity contribution in [3.8, 4) is 0 Å². The van der Waals surface area contributed by atoms with Crippen molar-refractivity contribution in [3.05, 3.63) is 52.3 Å². The molecule has 0 saturated carbocycles. The van der Waals surface area contributed by atoms with E-state index >= 15 is 0 Å². The van der Waals surface area contributed by atoms with Crippen LogP contribution in [0.5, 0.6) is 0 Å². The molecule has 0 amide bonds. The summed E-state index contributed by atoms with van der Waals surface area (Å²) in [6.07, 6.45) is 0. The van der Waals surface area contributed by atoms with E-state index in [0.717, 1.165) is 12.1 Å². The van der Waals surface area contributed by atoms with Crippen LogP contribution in [0, 0.1) is 5.82 Å². The third-order valence-corrected chi connectivity index (χ3v) is 4.23. The molecule has 0 aliphatic carbocycles. The minimum Gasteiger partial charge on any atom is -0.396 e. The van der Waals surface area contributed by atoms with Crippen LogP contribution in [-0.2, 0) is 10.0 Å². The SMILES string of the molecule is Nc1cc(Cl)cc(S(=O)(=O)Nc2cccc(Cl)c2)c1F. The maximum Gasteiger partial charge on any atom is 0.264 e. The zero-order chi connectivity index (χ0) is 14.9. The number of rotatable bonds is 3. The van der Waals surface area contributed by atoms with Crippen LogP contribution in [0.25, 0.3) is 0 Å². The van der Waals surface area contributed by atoms with Gasteiger partial charge in [-0.1, -0.05) is 29.3 Å². The summed E-state index contributed by atoms with van der Waals surface area (Å²) in [7, 11) is -4.15. The summed E-state index contributed by atoms with van der Waals surface area (Å²) in [5.41, 5.74) is 5.22. The average molecular weight is 335 g/mol. The highest BCUT2D eigenvalue weighted by Crippen LogP contribution is 2.27. The van der Waals surface area contributed by atoms with E-state index in [9.17, 15) is 12.8 Å². The van der Waals surface area contributed by atoms with E-state index in [-0.39, 0.29) is 16.4 Å². The van der Waals surface area contributed by atoms with Crippen molar-refractivity contribution in [2.75, 3.05) is 10.5 Å². The molecule has 0 radical (unpaired) electrons. The van der Waals surface area contributed by atoms with Crippen molar-refractivity contribution < 1.29 is 12.8 Å². The number of hydrogen-bond acceptors (Lipinski definition) is 3. The van der Waals surface area contributed by atoms with Crippen LogP contribution in [-0.4, -0.2) is 8.42 Å². The largest absolute Gasteiger partial charge is 0.396 e. The molecule has 2 rings (SSSR count). The number of nitrogen functional groups attached to an aromatic ring is 1. The van der Waals surface area contributed by atoms with Crippen LogP contribution in [0.1, 0.15) is 0 Å². The molecule has 3 N–H and O–H groups in total. The fourth-order valence-corrected chi connectivity index (χ4v) is 3.21. The van der Waals surface area contributed by atoms with Crippen molar-refractivity contribution >= 4 is 44.6 Å². The molecule has 20 heavy (non-hydrogen) atoms. The maximum atomic E-state index is 13.8. The first-order chi connectivity index (χ1) is 9.29. The Morgan fingerprint density at radius 3 is 2.45 bits per heavy atom. The summed E-state index contributed by atoms with van der Waals surface area (Å²) in [6, 6.07) is 8.13. The standard InChI is InChI=1S/C12H9Cl2FN2O2S/c13-7-2-1-3-9(4-7)17-20(18,19)11-6-8(14)5-10(16)12(11)15/h1-6,17H,16H2. The Kier molecular flexibility index (Phi) is 4.08. The average Bonchev–Trinajstić information content (AvgIpc) is 2.33. The summed E-state index contributed by atoms with van der Waals surface area (Å²) in [5, 5.41) is 0.367. The van der Waals surface area contributed by atoms with Gasteiger partial charge in [0.25, 0.3) is 10.0 Å². The molecular weight excluding hydrogens is 326 g/mol. The number of benzene rings is 2. The second-order valence-corrected chi connectivity index (χ2v) is 6.45. The van der Waals surface area contributed by atoms with Crippen molar-refractivity contribution in [1.82, 2.24) is 0 Å². The molecule has 4 nitrogen and oxygen atoms in total. The third-order valence-electron chi connectivity index (χ3n) is 2.40. The summed E-state index contributed by atoms with van der Waals surface area (Å²) >= 11 is 11.4. The minimum atomic E-state index is -4.15. The van der Waals surface area contributed by atoms with Gasteiger partial charge < -0.3 is 5.73 Å². The van der Waals surface area contributed by atoms with E-state index in [0.29, 0.717) is 5.02 Å². The quantitative estimate of drug-likeness (QED) is 0.843. The highest BCUT2D eigenvalue weighted by Gasteiger charge is 2.22. The number of halogens is 3. The summed E-state index contributed by atoms with van der Waals surface area (Å²) in [5.74, 6) is -1.05. The van der Waals surface area contributed by atoms with Crippen LogP contribution in [0.2, 0.25) is 10.0 Å². The third kappa shape index (κ3) is 3.15. The molecule has 106 valence electrons. The summed E-state index contributed by atoms with van der Waals surface area (Å²) in [4.78, 5) is -0.623. The van der Waals surface area contributed by atoms with Gasteiger partial charge in [-0.25, -0.2) is 12.8 Å². The number of nitrogens with two attached hydrogens (primary N) is 1. The molecule has 2 aromatic carbocycles. The molecule has 0 heterocycles. The second-order valence-electron chi connectivity index (χ2n) is 3.92. The first kappa shape index (κ1) is 14.9.